The minimum absolute atomic E-state index is 0.0558. The van der Waals surface area contributed by atoms with Gasteiger partial charge in [0.2, 0.25) is 0 Å². The number of nitrogens with one attached hydrogen (secondary N) is 1. The number of hydroxylamine groups is 1. The molecule has 0 atom stereocenters. The van der Waals surface area contributed by atoms with Crippen LogP contribution in [-0.4, -0.2) is 45.5 Å². The average molecular weight is 410 g/mol. The molecular weight excluding hydrogens is 391 g/mol. The number of rotatable bonds is 7. The van der Waals surface area contributed by atoms with Crippen molar-refractivity contribution in [1.29, 1.82) is 0 Å². The molecule has 8 nitrogen and oxygen atoms in total. The first kappa shape index (κ1) is 21.5. The number of halogens is 1. The molecule has 0 saturated carbocycles. The molecule has 2 rings (SSSR count). The maximum absolute atomic E-state index is 13.5. The number of nitrogens with zero attached hydrogens (tertiary/aromatic N) is 1. The molecule has 0 unspecified atom stereocenters. The number of carbonyl (C=O) groups excluding carboxylic acids is 2. The van der Waals surface area contributed by atoms with Gasteiger partial charge in [-0.3, -0.25) is 9.63 Å². The topological polar surface area (TPSA) is 102 Å². The first-order chi connectivity index (χ1) is 13.1. The molecule has 0 aromatic heterocycles. The Kier molecular flexibility index (Phi) is 6.84. The number of sulfonamides is 1. The first-order valence-corrected chi connectivity index (χ1v) is 9.45. The van der Waals surface area contributed by atoms with Gasteiger partial charge in [0.1, 0.15) is 5.82 Å². The van der Waals surface area contributed by atoms with Crippen molar-refractivity contribution in [1.82, 2.24) is 4.47 Å². The Bertz CT molecular complexity index is 993. The fourth-order valence-electron chi connectivity index (χ4n) is 2.11. The summed E-state index contributed by atoms with van der Waals surface area (Å²) in [5.41, 5.74) is 0.595. The van der Waals surface area contributed by atoms with Gasteiger partial charge in [-0.2, -0.15) is 0 Å². The highest BCUT2D eigenvalue weighted by molar-refractivity contribution is 7.89. The first-order valence-electron chi connectivity index (χ1n) is 8.01. The second-order valence-corrected chi connectivity index (χ2v) is 7.65. The van der Waals surface area contributed by atoms with Crippen molar-refractivity contribution in [3.8, 4) is 0 Å². The lowest BCUT2D eigenvalue weighted by Gasteiger charge is -2.14. The number of aryl methyl sites for hydroxylation is 1. The van der Waals surface area contributed by atoms with Crippen LogP contribution in [0.4, 0.5) is 10.1 Å². The lowest BCUT2D eigenvalue weighted by Crippen LogP contribution is -2.26. The molecule has 0 aliphatic carbocycles. The third-order valence-corrected chi connectivity index (χ3v) is 5.43. The van der Waals surface area contributed by atoms with E-state index in [1.54, 1.807) is 6.92 Å². The number of ether oxygens (including phenoxy) is 1. The molecule has 1 amide bonds. The SMILES string of the molecule is CON(C)S(=O)(=O)c1cccc(C(=O)OCC(=O)Nc2ccc(C)c(F)c2)c1. The molecule has 0 heterocycles. The molecule has 1 N–H and O–H groups in total. The van der Waals surface area contributed by atoms with Crippen molar-refractivity contribution in [3.63, 3.8) is 0 Å². The van der Waals surface area contributed by atoms with E-state index in [0.29, 0.717) is 10.0 Å². The summed E-state index contributed by atoms with van der Waals surface area (Å²) < 4.78 is 43.4. The molecule has 0 aliphatic heterocycles. The van der Waals surface area contributed by atoms with Crippen molar-refractivity contribution in [2.45, 2.75) is 11.8 Å². The summed E-state index contributed by atoms with van der Waals surface area (Å²) in [7, 11) is -1.54. The van der Waals surface area contributed by atoms with Crippen molar-refractivity contribution < 1.29 is 32.0 Å². The third-order valence-electron chi connectivity index (χ3n) is 3.75. The third kappa shape index (κ3) is 5.12. The summed E-state index contributed by atoms with van der Waals surface area (Å²) in [5.74, 6) is -2.03. The van der Waals surface area contributed by atoms with Gasteiger partial charge in [0.15, 0.2) is 6.61 Å². The second kappa shape index (κ2) is 8.91. The van der Waals surface area contributed by atoms with E-state index in [9.17, 15) is 22.4 Å². The molecule has 150 valence electrons. The average Bonchev–Trinajstić information content (AvgIpc) is 2.68. The largest absolute Gasteiger partial charge is 0.452 e. The Hall–Kier alpha value is -2.82. The van der Waals surface area contributed by atoms with Gasteiger partial charge in [-0.25, -0.2) is 17.6 Å². The normalized spacial score (nSPS) is 11.3. The summed E-state index contributed by atoms with van der Waals surface area (Å²) in [6.45, 7) is 0.963. The Morgan fingerprint density at radius 2 is 1.89 bits per heavy atom. The van der Waals surface area contributed by atoms with Crippen molar-refractivity contribution >= 4 is 27.6 Å². The number of carbonyl (C=O) groups is 2. The van der Waals surface area contributed by atoms with Gasteiger partial charge in [0.25, 0.3) is 15.9 Å². The van der Waals surface area contributed by atoms with E-state index >= 15 is 0 Å². The van der Waals surface area contributed by atoms with Crippen LogP contribution in [-0.2, 0) is 24.4 Å². The van der Waals surface area contributed by atoms with Crippen LogP contribution in [0, 0.1) is 12.7 Å². The quantitative estimate of drug-likeness (QED) is 0.554. The predicted octanol–water partition coefficient (Wildman–Crippen LogP) is 2.11. The zero-order valence-corrected chi connectivity index (χ0v) is 16.2. The number of benzene rings is 2. The molecule has 0 fully saturated rings. The molecule has 10 heteroatoms. The van der Waals surface area contributed by atoms with E-state index in [-0.39, 0.29) is 16.1 Å². The van der Waals surface area contributed by atoms with Gasteiger partial charge in [-0.15, -0.1) is 0 Å². The summed E-state index contributed by atoms with van der Waals surface area (Å²) >= 11 is 0. The van der Waals surface area contributed by atoms with E-state index in [1.165, 1.54) is 44.5 Å². The smallest absolute Gasteiger partial charge is 0.338 e. The fourth-order valence-corrected chi connectivity index (χ4v) is 3.13. The van der Waals surface area contributed by atoms with E-state index < -0.39 is 34.3 Å². The monoisotopic (exact) mass is 410 g/mol. The summed E-state index contributed by atoms with van der Waals surface area (Å²) in [5, 5.41) is 2.40. The minimum Gasteiger partial charge on any atom is -0.452 e. The van der Waals surface area contributed by atoms with Crippen LogP contribution in [0.2, 0.25) is 0 Å². The van der Waals surface area contributed by atoms with Crippen molar-refractivity contribution in [2.75, 3.05) is 26.1 Å². The highest BCUT2D eigenvalue weighted by Gasteiger charge is 2.22. The standard InChI is InChI=1S/C18H19FN2O6S/c1-12-7-8-14(10-16(12)19)20-17(22)11-27-18(23)13-5-4-6-15(9-13)28(24,25)21(2)26-3/h4-10H,11H2,1-3H3,(H,20,22). The maximum atomic E-state index is 13.5. The van der Waals surface area contributed by atoms with E-state index in [0.717, 1.165) is 12.1 Å². The van der Waals surface area contributed by atoms with E-state index in [2.05, 4.69) is 10.2 Å². The van der Waals surface area contributed by atoms with Crippen molar-refractivity contribution in [3.05, 3.63) is 59.4 Å². The number of hydrogen-bond acceptors (Lipinski definition) is 6. The highest BCUT2D eigenvalue weighted by atomic mass is 32.2. The predicted molar refractivity (Wildman–Crippen MR) is 98.4 cm³/mol. The highest BCUT2D eigenvalue weighted by Crippen LogP contribution is 2.17. The number of anilines is 1. The fraction of sp³-hybridized carbons (Fsp3) is 0.222. The molecular formula is C18H19FN2O6S. The number of esters is 1. The Balaban J connectivity index is 2.02. The van der Waals surface area contributed by atoms with Gasteiger partial charge in [0, 0.05) is 12.7 Å². The number of amides is 1. The molecule has 2 aromatic rings. The second-order valence-electron chi connectivity index (χ2n) is 5.71. The molecule has 28 heavy (non-hydrogen) atoms. The lowest BCUT2D eigenvalue weighted by atomic mass is 10.2. The van der Waals surface area contributed by atoms with Crippen LogP contribution in [0.5, 0.6) is 0 Å². The summed E-state index contributed by atoms with van der Waals surface area (Å²) in [6.07, 6.45) is 0. The minimum atomic E-state index is -3.94. The Labute approximate surface area is 161 Å². The molecule has 0 bridgehead atoms. The van der Waals surface area contributed by atoms with Gasteiger partial charge >= 0.3 is 5.97 Å². The van der Waals surface area contributed by atoms with E-state index in [1.807, 2.05) is 0 Å². The number of hydrogen-bond donors (Lipinski definition) is 1. The lowest BCUT2D eigenvalue weighted by molar-refractivity contribution is -0.119. The zero-order valence-electron chi connectivity index (χ0n) is 15.4. The van der Waals surface area contributed by atoms with Gasteiger partial charge in [-0.05, 0) is 42.8 Å². The van der Waals surface area contributed by atoms with Crippen LogP contribution >= 0.6 is 0 Å². The van der Waals surface area contributed by atoms with Crippen LogP contribution in [0.15, 0.2) is 47.4 Å². The van der Waals surface area contributed by atoms with Crippen LogP contribution in [0.3, 0.4) is 0 Å². The Morgan fingerprint density at radius 1 is 1.18 bits per heavy atom. The molecule has 0 aliphatic rings. The van der Waals surface area contributed by atoms with Gasteiger partial charge in [0.05, 0.1) is 17.6 Å². The molecule has 0 spiro atoms. The zero-order chi connectivity index (χ0) is 20.9. The molecule has 0 radical (unpaired) electrons. The van der Waals surface area contributed by atoms with Crippen LogP contribution in [0.25, 0.3) is 0 Å². The summed E-state index contributed by atoms with van der Waals surface area (Å²) in [6, 6.07) is 9.28. The molecule has 0 saturated heterocycles. The Morgan fingerprint density at radius 3 is 2.54 bits per heavy atom. The van der Waals surface area contributed by atoms with Crippen molar-refractivity contribution in [2.24, 2.45) is 0 Å². The van der Waals surface area contributed by atoms with Gasteiger partial charge < -0.3 is 10.1 Å². The van der Waals surface area contributed by atoms with E-state index in [4.69, 9.17) is 4.74 Å². The van der Waals surface area contributed by atoms with Gasteiger partial charge in [-0.1, -0.05) is 16.6 Å². The van der Waals surface area contributed by atoms with Crippen LogP contribution < -0.4 is 5.32 Å². The summed E-state index contributed by atoms with van der Waals surface area (Å²) in [4.78, 5) is 28.5. The van der Waals surface area contributed by atoms with Crippen LogP contribution in [0.1, 0.15) is 15.9 Å². The maximum Gasteiger partial charge on any atom is 0.338 e. The molecule has 2 aromatic carbocycles.